The lowest BCUT2D eigenvalue weighted by molar-refractivity contribution is 0.142. The highest BCUT2D eigenvalue weighted by molar-refractivity contribution is 5.89. The lowest BCUT2D eigenvalue weighted by Crippen LogP contribution is -2.44. The van der Waals surface area contributed by atoms with Crippen molar-refractivity contribution in [1.29, 1.82) is 0 Å². The molecule has 1 aromatic rings. The molecule has 0 aliphatic carbocycles. The summed E-state index contributed by atoms with van der Waals surface area (Å²) < 4.78 is 0. The molecule has 2 aliphatic rings. The number of carbonyl (C=O) groups excluding carboxylic acids is 1. The SMILES string of the molecule is Cc1ccc(NC(=O)N2CCC(CN3CCCCC3)CC2)cc1C. The van der Waals surface area contributed by atoms with Crippen molar-refractivity contribution in [3.8, 4) is 0 Å². The first-order valence-electron chi connectivity index (χ1n) is 9.47. The van der Waals surface area contributed by atoms with E-state index in [1.807, 2.05) is 11.0 Å². The molecule has 4 heteroatoms. The van der Waals surface area contributed by atoms with Gasteiger partial charge in [0.05, 0.1) is 0 Å². The summed E-state index contributed by atoms with van der Waals surface area (Å²) in [5, 5.41) is 3.05. The van der Waals surface area contributed by atoms with Gasteiger partial charge in [-0.1, -0.05) is 12.5 Å². The van der Waals surface area contributed by atoms with E-state index in [0.29, 0.717) is 0 Å². The Morgan fingerprint density at radius 2 is 1.75 bits per heavy atom. The third-order valence-corrected chi connectivity index (χ3v) is 5.63. The van der Waals surface area contributed by atoms with E-state index in [2.05, 4.69) is 36.2 Å². The minimum Gasteiger partial charge on any atom is -0.325 e. The second-order valence-electron chi connectivity index (χ2n) is 7.52. The Labute approximate surface area is 146 Å². The lowest BCUT2D eigenvalue weighted by Gasteiger charge is -2.36. The van der Waals surface area contributed by atoms with Gasteiger partial charge in [-0.05, 0) is 81.8 Å². The lowest BCUT2D eigenvalue weighted by atomic mass is 9.95. The molecule has 3 rings (SSSR count). The van der Waals surface area contributed by atoms with Crippen molar-refractivity contribution < 1.29 is 4.79 Å². The first kappa shape index (κ1) is 17.3. The van der Waals surface area contributed by atoms with E-state index in [9.17, 15) is 4.79 Å². The number of amides is 2. The molecule has 2 fully saturated rings. The zero-order valence-electron chi connectivity index (χ0n) is 15.2. The van der Waals surface area contributed by atoms with Crippen LogP contribution in [0.3, 0.4) is 0 Å². The number of hydrogen-bond acceptors (Lipinski definition) is 2. The largest absolute Gasteiger partial charge is 0.325 e. The summed E-state index contributed by atoms with van der Waals surface area (Å²) in [5.41, 5.74) is 3.37. The standard InChI is InChI=1S/C20H31N3O/c1-16-6-7-19(14-17(16)2)21-20(24)23-12-8-18(9-13-23)15-22-10-4-3-5-11-22/h6-7,14,18H,3-5,8-13,15H2,1-2H3,(H,21,24). The smallest absolute Gasteiger partial charge is 0.321 e. The Hall–Kier alpha value is -1.55. The number of aryl methyl sites for hydroxylation is 2. The first-order chi connectivity index (χ1) is 11.6. The number of piperidine rings is 2. The molecule has 0 bridgehead atoms. The van der Waals surface area contributed by atoms with Crippen molar-refractivity contribution in [2.75, 3.05) is 38.0 Å². The first-order valence-corrected chi connectivity index (χ1v) is 9.47. The molecule has 0 saturated carbocycles. The van der Waals surface area contributed by atoms with Crippen LogP contribution in [0.2, 0.25) is 0 Å². The molecule has 2 amide bonds. The van der Waals surface area contributed by atoms with E-state index in [1.54, 1.807) is 0 Å². The highest BCUT2D eigenvalue weighted by atomic mass is 16.2. The van der Waals surface area contributed by atoms with E-state index in [1.165, 1.54) is 50.0 Å². The van der Waals surface area contributed by atoms with Gasteiger partial charge in [-0.25, -0.2) is 4.79 Å². The number of benzene rings is 1. The Morgan fingerprint density at radius 1 is 1.04 bits per heavy atom. The maximum Gasteiger partial charge on any atom is 0.321 e. The average Bonchev–Trinajstić information content (AvgIpc) is 2.60. The van der Waals surface area contributed by atoms with E-state index in [0.717, 1.165) is 37.5 Å². The molecule has 1 N–H and O–H groups in total. The number of anilines is 1. The van der Waals surface area contributed by atoms with Gasteiger partial charge in [0.25, 0.3) is 0 Å². The van der Waals surface area contributed by atoms with Crippen molar-refractivity contribution in [2.45, 2.75) is 46.0 Å². The highest BCUT2D eigenvalue weighted by Gasteiger charge is 2.24. The van der Waals surface area contributed by atoms with Crippen molar-refractivity contribution >= 4 is 11.7 Å². The van der Waals surface area contributed by atoms with Crippen LogP contribution in [0.15, 0.2) is 18.2 Å². The molecule has 0 radical (unpaired) electrons. The summed E-state index contributed by atoms with van der Waals surface area (Å²) in [4.78, 5) is 17.1. The quantitative estimate of drug-likeness (QED) is 0.908. The van der Waals surface area contributed by atoms with Crippen LogP contribution in [-0.2, 0) is 0 Å². The third-order valence-electron chi connectivity index (χ3n) is 5.63. The van der Waals surface area contributed by atoms with Crippen LogP contribution in [0.1, 0.15) is 43.2 Å². The van der Waals surface area contributed by atoms with Crippen LogP contribution in [0, 0.1) is 19.8 Å². The van der Waals surface area contributed by atoms with E-state index in [-0.39, 0.29) is 6.03 Å². The van der Waals surface area contributed by atoms with Gasteiger partial charge in [0.1, 0.15) is 0 Å². The van der Waals surface area contributed by atoms with Crippen LogP contribution in [0.5, 0.6) is 0 Å². The maximum atomic E-state index is 12.5. The molecular weight excluding hydrogens is 298 g/mol. The number of urea groups is 1. The van der Waals surface area contributed by atoms with Crippen LogP contribution in [0.25, 0.3) is 0 Å². The summed E-state index contributed by atoms with van der Waals surface area (Å²) in [5.74, 6) is 0.758. The third kappa shape index (κ3) is 4.50. The van der Waals surface area contributed by atoms with Crippen molar-refractivity contribution in [2.24, 2.45) is 5.92 Å². The topological polar surface area (TPSA) is 35.6 Å². The average molecular weight is 329 g/mol. The Kier molecular flexibility index (Phi) is 5.77. The van der Waals surface area contributed by atoms with E-state index >= 15 is 0 Å². The van der Waals surface area contributed by atoms with Gasteiger partial charge < -0.3 is 15.1 Å². The Morgan fingerprint density at radius 3 is 2.42 bits per heavy atom. The van der Waals surface area contributed by atoms with Crippen molar-refractivity contribution in [3.05, 3.63) is 29.3 Å². The minimum atomic E-state index is 0.0506. The number of carbonyl (C=O) groups is 1. The van der Waals surface area contributed by atoms with Gasteiger partial charge in [-0.3, -0.25) is 0 Å². The molecule has 0 spiro atoms. The molecule has 2 heterocycles. The normalized spacial score (nSPS) is 20.2. The monoisotopic (exact) mass is 329 g/mol. The number of likely N-dealkylation sites (tertiary alicyclic amines) is 2. The zero-order chi connectivity index (χ0) is 16.9. The highest BCUT2D eigenvalue weighted by Crippen LogP contribution is 2.21. The maximum absolute atomic E-state index is 12.5. The molecule has 0 aromatic heterocycles. The summed E-state index contributed by atoms with van der Waals surface area (Å²) in [6.45, 7) is 9.71. The fourth-order valence-corrected chi connectivity index (χ4v) is 3.85. The number of hydrogen-bond donors (Lipinski definition) is 1. The zero-order valence-corrected chi connectivity index (χ0v) is 15.2. The number of nitrogens with one attached hydrogen (secondary N) is 1. The van der Waals surface area contributed by atoms with Gasteiger partial charge in [-0.15, -0.1) is 0 Å². The predicted octanol–water partition coefficient (Wildman–Crippen LogP) is 4.03. The van der Waals surface area contributed by atoms with Gasteiger partial charge >= 0.3 is 6.03 Å². The van der Waals surface area contributed by atoms with E-state index < -0.39 is 0 Å². The van der Waals surface area contributed by atoms with Gasteiger partial charge in [0, 0.05) is 25.3 Å². The van der Waals surface area contributed by atoms with Crippen LogP contribution >= 0.6 is 0 Å². The predicted molar refractivity (Wildman–Crippen MR) is 99.5 cm³/mol. The van der Waals surface area contributed by atoms with Crippen LogP contribution in [0.4, 0.5) is 10.5 Å². The number of rotatable bonds is 3. The van der Waals surface area contributed by atoms with Crippen molar-refractivity contribution in [1.82, 2.24) is 9.80 Å². The second-order valence-corrected chi connectivity index (χ2v) is 7.52. The summed E-state index contributed by atoms with van der Waals surface area (Å²) in [7, 11) is 0. The molecule has 2 aliphatic heterocycles. The molecule has 1 aromatic carbocycles. The second kappa shape index (κ2) is 8.02. The van der Waals surface area contributed by atoms with Gasteiger partial charge in [-0.2, -0.15) is 0 Å². The minimum absolute atomic E-state index is 0.0506. The molecule has 24 heavy (non-hydrogen) atoms. The summed E-state index contributed by atoms with van der Waals surface area (Å²) >= 11 is 0. The fraction of sp³-hybridized carbons (Fsp3) is 0.650. The van der Waals surface area contributed by atoms with Gasteiger partial charge in [0.2, 0.25) is 0 Å². The van der Waals surface area contributed by atoms with Crippen LogP contribution in [-0.4, -0.2) is 48.6 Å². The molecular formula is C20H31N3O. The fourth-order valence-electron chi connectivity index (χ4n) is 3.85. The van der Waals surface area contributed by atoms with E-state index in [4.69, 9.17) is 0 Å². The summed E-state index contributed by atoms with van der Waals surface area (Å²) in [6, 6.07) is 6.16. The Balaban J connectivity index is 1.45. The van der Waals surface area contributed by atoms with Gasteiger partial charge in [0.15, 0.2) is 0 Å². The number of nitrogens with zero attached hydrogens (tertiary/aromatic N) is 2. The molecule has 0 unspecified atom stereocenters. The molecule has 0 atom stereocenters. The molecule has 2 saturated heterocycles. The van der Waals surface area contributed by atoms with Crippen molar-refractivity contribution in [3.63, 3.8) is 0 Å². The summed E-state index contributed by atoms with van der Waals surface area (Å²) in [6.07, 6.45) is 6.38. The molecule has 132 valence electrons. The molecule has 4 nitrogen and oxygen atoms in total. The van der Waals surface area contributed by atoms with Crippen LogP contribution < -0.4 is 5.32 Å². The Bertz CT molecular complexity index is 558.